The minimum atomic E-state index is -0.363. The highest BCUT2D eigenvalue weighted by molar-refractivity contribution is 7.99. The fourth-order valence-electron chi connectivity index (χ4n) is 1.10. The summed E-state index contributed by atoms with van der Waals surface area (Å²) < 4.78 is 0. The largest absolute Gasteiger partial charge is 0.389 e. The topological polar surface area (TPSA) is 20.2 Å². The summed E-state index contributed by atoms with van der Waals surface area (Å²) in [6, 6.07) is 8.09. The van der Waals surface area contributed by atoms with Gasteiger partial charge in [-0.15, -0.1) is 11.8 Å². The predicted molar refractivity (Wildman–Crippen MR) is 58.1 cm³/mol. The summed E-state index contributed by atoms with van der Waals surface area (Å²) in [6.45, 7) is 6.13. The molecule has 1 rings (SSSR count). The predicted octanol–water partition coefficient (Wildman–Crippen LogP) is 3.24. The lowest BCUT2D eigenvalue weighted by Gasteiger charge is -2.07. The molecule has 0 fully saturated rings. The van der Waals surface area contributed by atoms with Crippen molar-refractivity contribution in [2.75, 3.05) is 0 Å². The first-order valence-electron chi connectivity index (χ1n) is 4.54. The maximum Gasteiger partial charge on any atom is 0.0761 e. The number of hydrogen-bond acceptors (Lipinski definition) is 2. The Balaban J connectivity index is 2.70. The Kier molecular flexibility index (Phi) is 3.82. The smallest absolute Gasteiger partial charge is 0.0761 e. The number of aliphatic hydroxyl groups excluding tert-OH is 1. The molecule has 0 aliphatic rings. The molecule has 0 aromatic heterocycles. The molecule has 0 bridgehead atoms. The van der Waals surface area contributed by atoms with Crippen molar-refractivity contribution in [1.29, 1.82) is 0 Å². The van der Waals surface area contributed by atoms with Gasteiger partial charge in [-0.25, -0.2) is 0 Å². The van der Waals surface area contributed by atoms with E-state index in [9.17, 15) is 5.11 Å². The van der Waals surface area contributed by atoms with Gasteiger partial charge in [-0.05, 0) is 24.6 Å². The van der Waals surface area contributed by atoms with Crippen LogP contribution in [-0.2, 0) is 0 Å². The van der Waals surface area contributed by atoms with Crippen molar-refractivity contribution in [3.8, 4) is 0 Å². The van der Waals surface area contributed by atoms with Crippen LogP contribution >= 0.6 is 11.8 Å². The molecular formula is C11H16OS. The van der Waals surface area contributed by atoms with Crippen LogP contribution in [0.25, 0.3) is 0 Å². The molecule has 2 heteroatoms. The molecule has 1 nitrogen and oxygen atoms in total. The van der Waals surface area contributed by atoms with Crippen molar-refractivity contribution in [3.05, 3.63) is 29.8 Å². The van der Waals surface area contributed by atoms with Crippen LogP contribution in [0.3, 0.4) is 0 Å². The van der Waals surface area contributed by atoms with E-state index in [1.807, 2.05) is 23.9 Å². The van der Waals surface area contributed by atoms with E-state index in [4.69, 9.17) is 0 Å². The van der Waals surface area contributed by atoms with Crippen molar-refractivity contribution in [2.24, 2.45) is 0 Å². The average molecular weight is 196 g/mol. The second kappa shape index (κ2) is 4.68. The van der Waals surface area contributed by atoms with Crippen molar-refractivity contribution in [2.45, 2.75) is 37.0 Å². The van der Waals surface area contributed by atoms with Crippen LogP contribution in [0.2, 0.25) is 0 Å². The molecule has 0 saturated heterocycles. The van der Waals surface area contributed by atoms with Crippen LogP contribution in [-0.4, -0.2) is 10.4 Å². The Hall–Kier alpha value is -0.470. The van der Waals surface area contributed by atoms with E-state index in [2.05, 4.69) is 26.0 Å². The summed E-state index contributed by atoms with van der Waals surface area (Å²) in [5.41, 5.74) is 0.980. The number of aliphatic hydroxyl groups is 1. The molecule has 0 unspecified atom stereocenters. The van der Waals surface area contributed by atoms with Gasteiger partial charge >= 0.3 is 0 Å². The first-order chi connectivity index (χ1) is 6.09. The Labute approximate surface area is 84.2 Å². The third-order valence-electron chi connectivity index (χ3n) is 1.73. The Morgan fingerprint density at radius 1 is 1.08 bits per heavy atom. The van der Waals surface area contributed by atoms with Gasteiger partial charge in [0.15, 0.2) is 0 Å². The molecule has 1 atom stereocenters. The zero-order valence-electron chi connectivity index (χ0n) is 8.32. The van der Waals surface area contributed by atoms with E-state index >= 15 is 0 Å². The van der Waals surface area contributed by atoms with Gasteiger partial charge < -0.3 is 5.11 Å². The molecule has 0 spiro atoms. The van der Waals surface area contributed by atoms with Crippen LogP contribution in [0.5, 0.6) is 0 Å². The zero-order chi connectivity index (χ0) is 9.84. The number of rotatable bonds is 3. The highest BCUT2D eigenvalue weighted by Gasteiger charge is 2.01. The van der Waals surface area contributed by atoms with Crippen LogP contribution in [0.4, 0.5) is 0 Å². The first kappa shape index (κ1) is 10.6. The standard InChI is InChI=1S/C11H16OS/c1-8(2)13-11-6-4-10(5-7-11)9(3)12/h4-9,12H,1-3H3/t9-/m1/s1. The zero-order valence-corrected chi connectivity index (χ0v) is 9.14. The Morgan fingerprint density at radius 2 is 1.62 bits per heavy atom. The average Bonchev–Trinajstić information content (AvgIpc) is 2.04. The van der Waals surface area contributed by atoms with Crippen molar-refractivity contribution in [3.63, 3.8) is 0 Å². The van der Waals surface area contributed by atoms with E-state index in [1.165, 1.54) is 4.90 Å². The van der Waals surface area contributed by atoms with Gasteiger partial charge in [0.1, 0.15) is 0 Å². The lowest BCUT2D eigenvalue weighted by Crippen LogP contribution is -1.91. The van der Waals surface area contributed by atoms with E-state index in [0.717, 1.165) is 5.56 Å². The molecule has 72 valence electrons. The van der Waals surface area contributed by atoms with Gasteiger partial charge in [0.05, 0.1) is 6.10 Å². The Bertz CT molecular complexity index is 251. The molecule has 0 aliphatic heterocycles. The number of thioether (sulfide) groups is 1. The molecule has 0 radical (unpaired) electrons. The lowest BCUT2D eigenvalue weighted by molar-refractivity contribution is 0.199. The highest BCUT2D eigenvalue weighted by Crippen LogP contribution is 2.24. The number of hydrogen-bond donors (Lipinski definition) is 1. The van der Waals surface area contributed by atoms with E-state index in [1.54, 1.807) is 6.92 Å². The van der Waals surface area contributed by atoms with Gasteiger partial charge in [-0.3, -0.25) is 0 Å². The fraction of sp³-hybridized carbons (Fsp3) is 0.455. The van der Waals surface area contributed by atoms with Gasteiger partial charge in [0, 0.05) is 10.1 Å². The summed E-state index contributed by atoms with van der Waals surface area (Å²) in [6.07, 6.45) is -0.363. The normalized spacial score (nSPS) is 13.3. The maximum atomic E-state index is 9.29. The second-order valence-electron chi connectivity index (χ2n) is 3.41. The maximum absolute atomic E-state index is 9.29. The summed E-state index contributed by atoms with van der Waals surface area (Å²) in [7, 11) is 0. The quantitative estimate of drug-likeness (QED) is 0.749. The minimum absolute atomic E-state index is 0.363. The molecule has 1 N–H and O–H groups in total. The summed E-state index contributed by atoms with van der Waals surface area (Å²) in [4.78, 5) is 1.26. The fourth-order valence-corrected chi connectivity index (χ4v) is 1.93. The van der Waals surface area contributed by atoms with E-state index < -0.39 is 0 Å². The summed E-state index contributed by atoms with van der Waals surface area (Å²) in [5.74, 6) is 0. The van der Waals surface area contributed by atoms with Gasteiger partial charge in [-0.2, -0.15) is 0 Å². The van der Waals surface area contributed by atoms with Crippen molar-refractivity contribution >= 4 is 11.8 Å². The monoisotopic (exact) mass is 196 g/mol. The Morgan fingerprint density at radius 3 is 2.00 bits per heavy atom. The molecule has 0 amide bonds. The van der Waals surface area contributed by atoms with Gasteiger partial charge in [-0.1, -0.05) is 26.0 Å². The van der Waals surface area contributed by atoms with Crippen LogP contribution in [0.15, 0.2) is 29.2 Å². The molecule has 1 aromatic carbocycles. The van der Waals surface area contributed by atoms with Crippen molar-refractivity contribution in [1.82, 2.24) is 0 Å². The molecular weight excluding hydrogens is 180 g/mol. The van der Waals surface area contributed by atoms with Gasteiger partial charge in [0.2, 0.25) is 0 Å². The highest BCUT2D eigenvalue weighted by atomic mass is 32.2. The molecule has 1 aromatic rings. The lowest BCUT2D eigenvalue weighted by atomic mass is 10.1. The third-order valence-corrected chi connectivity index (χ3v) is 2.75. The van der Waals surface area contributed by atoms with Gasteiger partial charge in [0.25, 0.3) is 0 Å². The van der Waals surface area contributed by atoms with E-state index in [0.29, 0.717) is 5.25 Å². The summed E-state index contributed by atoms with van der Waals surface area (Å²) in [5, 5.41) is 9.90. The molecule has 13 heavy (non-hydrogen) atoms. The number of benzene rings is 1. The molecule has 0 heterocycles. The second-order valence-corrected chi connectivity index (χ2v) is 5.06. The summed E-state index contributed by atoms with van der Waals surface area (Å²) >= 11 is 1.84. The SMILES string of the molecule is CC(C)Sc1ccc([C@@H](C)O)cc1. The molecule has 0 aliphatic carbocycles. The van der Waals surface area contributed by atoms with E-state index in [-0.39, 0.29) is 6.10 Å². The van der Waals surface area contributed by atoms with Crippen LogP contribution < -0.4 is 0 Å². The van der Waals surface area contributed by atoms with Crippen molar-refractivity contribution < 1.29 is 5.11 Å². The third kappa shape index (κ3) is 3.41. The van der Waals surface area contributed by atoms with Crippen LogP contribution in [0.1, 0.15) is 32.4 Å². The molecule has 0 saturated carbocycles. The minimum Gasteiger partial charge on any atom is -0.389 e. The van der Waals surface area contributed by atoms with Crippen LogP contribution in [0, 0.1) is 0 Å². The first-order valence-corrected chi connectivity index (χ1v) is 5.42.